The zero-order valence-electron chi connectivity index (χ0n) is 13.4. The molecule has 132 valence electrons. The smallest absolute Gasteiger partial charge is 0.308 e. The highest BCUT2D eigenvalue weighted by molar-refractivity contribution is 7.99. The maximum Gasteiger partial charge on any atom is 0.308 e. The molecule has 0 radical (unpaired) electrons. The number of rotatable bonds is 8. The predicted octanol–water partition coefficient (Wildman–Crippen LogP) is 2.82. The van der Waals surface area contributed by atoms with Gasteiger partial charge >= 0.3 is 5.97 Å². The Bertz CT molecular complexity index is 546. The number of benzene rings is 1. The summed E-state index contributed by atoms with van der Waals surface area (Å²) in [5, 5.41) is 12.8. The van der Waals surface area contributed by atoms with E-state index in [1.807, 2.05) is 24.3 Å². The van der Waals surface area contributed by atoms with E-state index in [0.717, 1.165) is 18.4 Å². The fourth-order valence-corrected chi connectivity index (χ4v) is 3.63. The van der Waals surface area contributed by atoms with Gasteiger partial charge in [0.1, 0.15) is 0 Å². The van der Waals surface area contributed by atoms with Crippen LogP contribution in [-0.4, -0.2) is 42.5 Å². The lowest BCUT2D eigenvalue weighted by Crippen LogP contribution is -2.39. The van der Waals surface area contributed by atoms with Crippen molar-refractivity contribution in [1.29, 1.82) is 0 Å². The normalized spacial score (nSPS) is 16.5. The number of hydrogen-bond acceptors (Lipinski definition) is 4. The second-order valence-corrected chi connectivity index (χ2v) is 7.24. The number of carboxylic acids is 1. The first-order valence-corrected chi connectivity index (χ1v) is 9.49. The SMILES string of the molecule is O=C(CSCc1ccc(Cl)cc1)NCC(C(=O)O)C1CCOCC1. The van der Waals surface area contributed by atoms with E-state index in [9.17, 15) is 14.7 Å². The topological polar surface area (TPSA) is 75.6 Å². The second-order valence-electron chi connectivity index (χ2n) is 5.82. The van der Waals surface area contributed by atoms with Gasteiger partial charge in [0.2, 0.25) is 5.91 Å². The summed E-state index contributed by atoms with van der Waals surface area (Å²) in [5.74, 6) is -0.434. The van der Waals surface area contributed by atoms with Gasteiger partial charge in [-0.2, -0.15) is 0 Å². The summed E-state index contributed by atoms with van der Waals surface area (Å²) in [4.78, 5) is 23.4. The lowest BCUT2D eigenvalue weighted by atomic mass is 9.86. The number of carbonyl (C=O) groups excluding carboxylic acids is 1. The number of carbonyl (C=O) groups is 2. The molecule has 1 fully saturated rings. The molecule has 1 atom stereocenters. The highest BCUT2D eigenvalue weighted by atomic mass is 35.5. The zero-order chi connectivity index (χ0) is 17.4. The minimum atomic E-state index is -0.851. The molecule has 0 aliphatic carbocycles. The van der Waals surface area contributed by atoms with Crippen molar-refractivity contribution in [3.63, 3.8) is 0 Å². The second kappa shape index (κ2) is 9.91. The van der Waals surface area contributed by atoms with Crippen molar-refractivity contribution in [3.8, 4) is 0 Å². The molecule has 1 heterocycles. The van der Waals surface area contributed by atoms with Gasteiger partial charge in [-0.15, -0.1) is 11.8 Å². The average molecular weight is 372 g/mol. The molecule has 7 heteroatoms. The maximum absolute atomic E-state index is 11.9. The molecule has 2 rings (SSSR count). The Labute approximate surface area is 151 Å². The van der Waals surface area contributed by atoms with E-state index in [0.29, 0.717) is 29.7 Å². The van der Waals surface area contributed by atoms with Crippen molar-refractivity contribution in [2.75, 3.05) is 25.5 Å². The Balaban J connectivity index is 1.70. The van der Waals surface area contributed by atoms with Crippen LogP contribution in [0.3, 0.4) is 0 Å². The van der Waals surface area contributed by atoms with Crippen LogP contribution >= 0.6 is 23.4 Å². The lowest BCUT2D eigenvalue weighted by Gasteiger charge is -2.27. The van der Waals surface area contributed by atoms with E-state index in [1.165, 1.54) is 11.8 Å². The quantitative estimate of drug-likeness (QED) is 0.734. The summed E-state index contributed by atoms with van der Waals surface area (Å²) < 4.78 is 5.27. The third-order valence-corrected chi connectivity index (χ3v) is 5.34. The highest BCUT2D eigenvalue weighted by Crippen LogP contribution is 2.24. The van der Waals surface area contributed by atoms with Gasteiger partial charge in [0.15, 0.2) is 0 Å². The average Bonchev–Trinajstić information content (AvgIpc) is 2.57. The summed E-state index contributed by atoms with van der Waals surface area (Å²) in [6, 6.07) is 7.50. The first-order valence-electron chi connectivity index (χ1n) is 7.95. The molecular formula is C17H22ClNO4S. The molecule has 1 aromatic rings. The van der Waals surface area contributed by atoms with Crippen LogP contribution in [0.1, 0.15) is 18.4 Å². The number of carboxylic acid groups (broad SMARTS) is 1. The summed E-state index contributed by atoms with van der Waals surface area (Å²) in [6.45, 7) is 1.37. The first kappa shape index (κ1) is 19.1. The monoisotopic (exact) mass is 371 g/mol. The van der Waals surface area contributed by atoms with Crippen molar-refractivity contribution in [1.82, 2.24) is 5.32 Å². The number of thioether (sulfide) groups is 1. The van der Waals surface area contributed by atoms with Crippen molar-refractivity contribution in [2.45, 2.75) is 18.6 Å². The molecule has 5 nitrogen and oxygen atoms in total. The van der Waals surface area contributed by atoms with Crippen LogP contribution in [0.4, 0.5) is 0 Å². The largest absolute Gasteiger partial charge is 0.481 e. The number of ether oxygens (including phenoxy) is 1. The Morgan fingerprint density at radius 3 is 2.58 bits per heavy atom. The number of amides is 1. The van der Waals surface area contributed by atoms with Crippen LogP contribution in [0.15, 0.2) is 24.3 Å². The molecule has 1 aliphatic rings. The minimum absolute atomic E-state index is 0.0678. The van der Waals surface area contributed by atoms with Crippen molar-refractivity contribution < 1.29 is 19.4 Å². The molecule has 1 amide bonds. The molecule has 1 saturated heterocycles. The van der Waals surface area contributed by atoms with Gasteiger partial charge in [-0.1, -0.05) is 23.7 Å². The van der Waals surface area contributed by atoms with Gasteiger partial charge in [-0.25, -0.2) is 0 Å². The van der Waals surface area contributed by atoms with Gasteiger partial charge in [0, 0.05) is 30.5 Å². The van der Waals surface area contributed by atoms with Gasteiger partial charge < -0.3 is 15.2 Å². The fraction of sp³-hybridized carbons (Fsp3) is 0.529. The third-order valence-electron chi connectivity index (χ3n) is 4.09. The Morgan fingerprint density at radius 1 is 1.29 bits per heavy atom. The van der Waals surface area contributed by atoms with Gasteiger partial charge in [-0.3, -0.25) is 9.59 Å². The molecule has 1 unspecified atom stereocenters. The Hall–Kier alpha value is -1.24. The van der Waals surface area contributed by atoms with Crippen LogP contribution in [0, 0.1) is 11.8 Å². The summed E-state index contributed by atoms with van der Waals surface area (Å²) in [6.07, 6.45) is 1.47. The van der Waals surface area contributed by atoms with Crippen molar-refractivity contribution in [2.24, 2.45) is 11.8 Å². The van der Waals surface area contributed by atoms with Gasteiger partial charge in [0.05, 0.1) is 11.7 Å². The molecule has 1 aliphatic heterocycles. The van der Waals surface area contributed by atoms with Crippen LogP contribution in [0.5, 0.6) is 0 Å². The van der Waals surface area contributed by atoms with Crippen molar-refractivity contribution in [3.05, 3.63) is 34.9 Å². The van der Waals surface area contributed by atoms with Crippen LogP contribution in [0.2, 0.25) is 5.02 Å². The lowest BCUT2D eigenvalue weighted by molar-refractivity contribution is -0.144. The number of halogens is 1. The molecular weight excluding hydrogens is 350 g/mol. The van der Waals surface area contributed by atoms with E-state index in [4.69, 9.17) is 16.3 Å². The van der Waals surface area contributed by atoms with Gasteiger partial charge in [-0.05, 0) is 36.5 Å². The molecule has 2 N–H and O–H groups in total. The Morgan fingerprint density at radius 2 is 1.96 bits per heavy atom. The predicted molar refractivity (Wildman–Crippen MR) is 95.3 cm³/mol. The Kier molecular flexibility index (Phi) is 7.88. The summed E-state index contributed by atoms with van der Waals surface area (Å²) in [7, 11) is 0. The van der Waals surface area contributed by atoms with Crippen LogP contribution in [-0.2, 0) is 20.1 Å². The molecule has 0 saturated carbocycles. The molecule has 0 aromatic heterocycles. The molecule has 0 spiro atoms. The van der Waals surface area contributed by atoms with E-state index in [1.54, 1.807) is 0 Å². The van der Waals surface area contributed by atoms with E-state index >= 15 is 0 Å². The van der Waals surface area contributed by atoms with Crippen LogP contribution < -0.4 is 5.32 Å². The number of hydrogen-bond donors (Lipinski definition) is 2. The van der Waals surface area contributed by atoms with Crippen molar-refractivity contribution >= 4 is 35.2 Å². The van der Waals surface area contributed by atoms with E-state index in [-0.39, 0.29) is 18.4 Å². The minimum Gasteiger partial charge on any atom is -0.481 e. The summed E-state index contributed by atoms with van der Waals surface area (Å²) in [5.41, 5.74) is 1.10. The molecule has 1 aromatic carbocycles. The van der Waals surface area contributed by atoms with Gasteiger partial charge in [0.25, 0.3) is 0 Å². The highest BCUT2D eigenvalue weighted by Gasteiger charge is 2.29. The fourth-order valence-electron chi connectivity index (χ4n) is 2.69. The summed E-state index contributed by atoms with van der Waals surface area (Å²) >= 11 is 7.32. The number of nitrogens with one attached hydrogen (secondary N) is 1. The standard InChI is InChI=1S/C17H22ClNO4S/c18-14-3-1-12(2-4-14)10-24-11-16(20)19-9-15(17(21)22)13-5-7-23-8-6-13/h1-4,13,15H,5-11H2,(H,19,20)(H,21,22). The first-order chi connectivity index (χ1) is 11.6. The molecule has 0 bridgehead atoms. The third kappa shape index (κ3) is 6.34. The zero-order valence-corrected chi connectivity index (χ0v) is 14.9. The van der Waals surface area contributed by atoms with E-state index < -0.39 is 11.9 Å². The van der Waals surface area contributed by atoms with Crippen LogP contribution in [0.25, 0.3) is 0 Å². The molecule has 24 heavy (non-hydrogen) atoms. The maximum atomic E-state index is 11.9. The van der Waals surface area contributed by atoms with E-state index in [2.05, 4.69) is 5.32 Å². The number of aliphatic carboxylic acids is 1.